The summed E-state index contributed by atoms with van der Waals surface area (Å²) in [6, 6.07) is 10.9. The van der Waals surface area contributed by atoms with E-state index < -0.39 is 27.5 Å². The Balaban J connectivity index is 1.93. The van der Waals surface area contributed by atoms with E-state index in [1.54, 1.807) is 29.7 Å². The molecule has 0 spiro atoms. The van der Waals surface area contributed by atoms with Crippen LogP contribution >= 0.6 is 11.3 Å². The Bertz CT molecular complexity index is 1290. The van der Waals surface area contributed by atoms with Gasteiger partial charge in [0.2, 0.25) is 0 Å². The number of hydrogen-bond acceptors (Lipinski definition) is 7. The Morgan fingerprint density at radius 2 is 1.81 bits per heavy atom. The van der Waals surface area contributed by atoms with Gasteiger partial charge in [-0.15, -0.1) is 0 Å². The number of carbonyl (C=O) groups excluding carboxylic acids is 2. The van der Waals surface area contributed by atoms with Crippen molar-refractivity contribution in [3.8, 4) is 5.75 Å². The number of hydrogen-bond donors (Lipinski definition) is 0. The molecule has 0 aliphatic carbocycles. The van der Waals surface area contributed by atoms with Gasteiger partial charge in [-0.25, -0.2) is 13.2 Å². The predicted octanol–water partition coefficient (Wildman–Crippen LogP) is 2.81. The number of rotatable bonds is 7. The number of sulfone groups is 1. The summed E-state index contributed by atoms with van der Waals surface area (Å²) in [5.74, 6) is -1.42. The second-order valence-corrected chi connectivity index (χ2v) is 9.47. The number of ether oxygens (including phenoxy) is 2. The molecule has 31 heavy (non-hydrogen) atoms. The lowest BCUT2D eigenvalue weighted by Gasteiger charge is -2.04. The molecule has 0 atom stereocenters. The number of nitrogens with zero attached hydrogens (tertiary/aromatic N) is 2. The molecule has 1 amide bonds. The molecule has 0 unspecified atom stereocenters. The lowest BCUT2D eigenvalue weighted by atomic mass is 10.2. The smallest absolute Gasteiger partial charge is 0.338 e. The van der Waals surface area contributed by atoms with E-state index in [-0.39, 0.29) is 11.5 Å². The zero-order valence-corrected chi connectivity index (χ0v) is 19.0. The van der Waals surface area contributed by atoms with Crippen LogP contribution in [0.1, 0.15) is 24.2 Å². The minimum Gasteiger partial charge on any atom is -0.497 e. The van der Waals surface area contributed by atoms with Crippen LogP contribution in [0.15, 0.2) is 52.4 Å². The molecule has 10 heteroatoms. The number of fused-ring (bicyclic) bond motifs is 1. The number of aromatic nitrogens is 1. The number of methoxy groups -OCH3 is 1. The van der Waals surface area contributed by atoms with E-state index in [0.717, 1.165) is 10.2 Å². The first-order chi connectivity index (χ1) is 14.8. The quantitative estimate of drug-likeness (QED) is 0.500. The highest BCUT2D eigenvalue weighted by Gasteiger charge is 2.20. The van der Waals surface area contributed by atoms with E-state index in [1.807, 2.05) is 6.92 Å². The van der Waals surface area contributed by atoms with E-state index in [9.17, 15) is 18.0 Å². The van der Waals surface area contributed by atoms with Crippen LogP contribution in [0, 0.1) is 0 Å². The van der Waals surface area contributed by atoms with Gasteiger partial charge in [0.1, 0.15) is 11.5 Å². The van der Waals surface area contributed by atoms with Crippen molar-refractivity contribution in [2.75, 3.05) is 19.5 Å². The van der Waals surface area contributed by atoms with E-state index in [4.69, 9.17) is 9.47 Å². The third kappa shape index (κ3) is 5.02. The molecule has 0 N–H and O–H groups in total. The van der Waals surface area contributed by atoms with Crippen LogP contribution < -0.4 is 9.54 Å². The normalized spacial score (nSPS) is 12.2. The molecule has 8 nitrogen and oxygen atoms in total. The Labute approximate surface area is 183 Å². The number of carbonyl (C=O) groups is 2. The fourth-order valence-corrected chi connectivity index (χ4v) is 5.23. The summed E-state index contributed by atoms with van der Waals surface area (Å²) in [5.41, 5.74) is 1.20. The zero-order chi connectivity index (χ0) is 22.6. The van der Waals surface area contributed by atoms with Crippen LogP contribution in [0.2, 0.25) is 0 Å². The second-order valence-electron chi connectivity index (χ2n) is 6.47. The average molecular weight is 463 g/mol. The zero-order valence-electron chi connectivity index (χ0n) is 17.3. The molecule has 3 aromatic rings. The molecular weight excluding hydrogens is 440 g/mol. The lowest BCUT2D eigenvalue weighted by Crippen LogP contribution is -2.20. The maximum atomic E-state index is 12.6. The van der Waals surface area contributed by atoms with Gasteiger partial charge in [0.25, 0.3) is 5.91 Å². The van der Waals surface area contributed by atoms with Gasteiger partial charge in [-0.1, -0.05) is 11.3 Å². The summed E-state index contributed by atoms with van der Waals surface area (Å²) in [6.45, 7) is 4.42. The van der Waals surface area contributed by atoms with Crippen LogP contribution in [0.3, 0.4) is 0 Å². The molecule has 1 aromatic heterocycles. The summed E-state index contributed by atoms with van der Waals surface area (Å²) in [4.78, 5) is 28.9. The van der Waals surface area contributed by atoms with Crippen molar-refractivity contribution in [1.82, 2.24) is 4.57 Å². The molecule has 3 rings (SSSR count). The van der Waals surface area contributed by atoms with Crippen molar-refractivity contribution in [2.24, 2.45) is 4.99 Å². The van der Waals surface area contributed by atoms with Crippen LogP contribution in [-0.2, 0) is 25.9 Å². The molecule has 0 aliphatic heterocycles. The van der Waals surface area contributed by atoms with Gasteiger partial charge in [-0.2, -0.15) is 4.99 Å². The highest BCUT2D eigenvalue weighted by atomic mass is 32.2. The summed E-state index contributed by atoms with van der Waals surface area (Å²) in [5, 5.41) is 0. The molecule has 0 saturated carbocycles. The van der Waals surface area contributed by atoms with Crippen LogP contribution in [0.5, 0.6) is 5.75 Å². The van der Waals surface area contributed by atoms with E-state index in [0.29, 0.717) is 22.7 Å². The van der Waals surface area contributed by atoms with Gasteiger partial charge >= 0.3 is 5.97 Å². The van der Waals surface area contributed by atoms with Crippen LogP contribution in [0.25, 0.3) is 10.2 Å². The Kier molecular flexibility index (Phi) is 6.91. The highest BCUT2D eigenvalue weighted by Crippen LogP contribution is 2.20. The third-order valence-electron chi connectivity index (χ3n) is 4.46. The summed E-state index contributed by atoms with van der Waals surface area (Å²) in [7, 11) is -2.36. The summed E-state index contributed by atoms with van der Waals surface area (Å²) < 4.78 is 37.7. The maximum Gasteiger partial charge on any atom is 0.338 e. The monoisotopic (exact) mass is 462 g/mol. The molecule has 0 fully saturated rings. The summed E-state index contributed by atoms with van der Waals surface area (Å²) in [6.07, 6.45) is 0. The maximum absolute atomic E-state index is 12.6. The molecule has 0 aliphatic rings. The van der Waals surface area contributed by atoms with Gasteiger partial charge in [0, 0.05) is 6.54 Å². The van der Waals surface area contributed by atoms with Crippen molar-refractivity contribution in [1.29, 1.82) is 0 Å². The van der Waals surface area contributed by atoms with Gasteiger partial charge in [0.05, 0.1) is 34.4 Å². The van der Waals surface area contributed by atoms with Crippen LogP contribution in [0.4, 0.5) is 0 Å². The molecule has 1 heterocycles. The third-order valence-corrected chi connectivity index (χ3v) is 7.12. The van der Waals surface area contributed by atoms with E-state index in [1.165, 1.54) is 42.7 Å². The molecular formula is C21H22N2O6S2. The number of thiazole rings is 1. The van der Waals surface area contributed by atoms with Crippen LogP contribution in [-0.4, -0.2) is 44.3 Å². The number of aryl methyl sites for hydroxylation is 1. The number of amides is 1. The lowest BCUT2D eigenvalue weighted by molar-refractivity contribution is -0.115. The topological polar surface area (TPSA) is 104 Å². The number of esters is 1. The van der Waals surface area contributed by atoms with E-state index >= 15 is 0 Å². The van der Waals surface area contributed by atoms with Crippen molar-refractivity contribution in [3.63, 3.8) is 0 Å². The Morgan fingerprint density at radius 1 is 1.10 bits per heavy atom. The molecule has 0 bridgehead atoms. The minimum absolute atomic E-state index is 0.0237. The van der Waals surface area contributed by atoms with Crippen molar-refractivity contribution < 1.29 is 27.5 Å². The molecule has 0 saturated heterocycles. The van der Waals surface area contributed by atoms with Crippen molar-refractivity contribution in [2.45, 2.75) is 25.3 Å². The largest absolute Gasteiger partial charge is 0.497 e. The first kappa shape index (κ1) is 22.7. The van der Waals surface area contributed by atoms with Crippen molar-refractivity contribution in [3.05, 3.63) is 52.8 Å². The van der Waals surface area contributed by atoms with Gasteiger partial charge in [0.15, 0.2) is 14.6 Å². The van der Waals surface area contributed by atoms with Gasteiger partial charge in [-0.05, 0) is 56.3 Å². The molecule has 164 valence electrons. The molecule has 2 aromatic carbocycles. The SMILES string of the molecule is CCOC(=O)c1ccc2c(c1)sc(=NC(=O)CS(=O)(=O)c1ccc(OC)cc1)n2CC. The predicted molar refractivity (Wildman–Crippen MR) is 117 cm³/mol. The van der Waals surface area contributed by atoms with Crippen molar-refractivity contribution >= 4 is 43.3 Å². The minimum atomic E-state index is -3.84. The number of benzene rings is 2. The first-order valence-electron chi connectivity index (χ1n) is 9.54. The molecule has 0 radical (unpaired) electrons. The van der Waals surface area contributed by atoms with Gasteiger partial charge in [-0.3, -0.25) is 4.79 Å². The first-order valence-corrected chi connectivity index (χ1v) is 12.0. The average Bonchev–Trinajstić information content (AvgIpc) is 3.09. The van der Waals surface area contributed by atoms with Gasteiger partial charge < -0.3 is 14.0 Å². The summed E-state index contributed by atoms with van der Waals surface area (Å²) >= 11 is 1.21. The van der Waals surface area contributed by atoms with E-state index in [2.05, 4.69) is 4.99 Å². The fraction of sp³-hybridized carbons (Fsp3) is 0.286. The standard InChI is InChI=1S/C21H22N2O6S2/c1-4-23-17-11-6-14(20(25)29-5-2)12-18(17)30-21(23)22-19(24)13-31(26,27)16-9-7-15(28-3)8-10-16/h6-12H,4-5,13H2,1-3H3. The highest BCUT2D eigenvalue weighted by molar-refractivity contribution is 7.92. The second kappa shape index (κ2) is 9.44. The Hall–Kier alpha value is -2.98. The Morgan fingerprint density at radius 3 is 2.42 bits per heavy atom. The fourth-order valence-electron chi connectivity index (χ4n) is 2.97.